The third-order valence-corrected chi connectivity index (χ3v) is 4.48. The number of hydrogen-bond acceptors (Lipinski definition) is 4. The van der Waals surface area contributed by atoms with Crippen molar-refractivity contribution >= 4 is 34.1 Å². The molecule has 3 aromatic rings. The standard InChI is InChI=1S/C16H15N3O3S/c1-19-15(16(21)22-18-19)23-9-8-14(20)17-13-7-6-11-4-2-3-5-12(11)10-13/h2-7,10H,8-9H2,1H3,(H-,17,18,20,21)/p+1. The predicted molar refractivity (Wildman–Crippen MR) is 88.4 cm³/mol. The first-order valence-electron chi connectivity index (χ1n) is 7.12. The number of rotatable bonds is 5. The number of nitrogens with zero attached hydrogens (tertiary/aromatic N) is 1. The molecule has 0 aliphatic carbocycles. The highest BCUT2D eigenvalue weighted by atomic mass is 32.2. The summed E-state index contributed by atoms with van der Waals surface area (Å²) in [5, 5.41) is 7.97. The lowest BCUT2D eigenvalue weighted by atomic mass is 10.1. The Morgan fingerprint density at radius 2 is 2.04 bits per heavy atom. The lowest BCUT2D eigenvalue weighted by molar-refractivity contribution is -0.772. The molecule has 2 N–H and O–H groups in total. The van der Waals surface area contributed by atoms with Crippen molar-refractivity contribution in [1.29, 1.82) is 0 Å². The molecule has 118 valence electrons. The van der Waals surface area contributed by atoms with Gasteiger partial charge >= 0.3 is 10.7 Å². The van der Waals surface area contributed by atoms with Gasteiger partial charge in [-0.15, -0.1) is 0 Å². The molecule has 0 fully saturated rings. The van der Waals surface area contributed by atoms with E-state index in [2.05, 4.69) is 15.1 Å². The fourth-order valence-corrected chi connectivity index (χ4v) is 3.09. The minimum atomic E-state index is -0.424. The first-order chi connectivity index (χ1) is 11.1. The average molecular weight is 330 g/mol. The van der Waals surface area contributed by atoms with E-state index in [4.69, 9.17) is 0 Å². The van der Waals surface area contributed by atoms with E-state index in [9.17, 15) is 9.59 Å². The van der Waals surface area contributed by atoms with Crippen LogP contribution in [0, 0.1) is 0 Å². The van der Waals surface area contributed by atoms with Gasteiger partial charge < -0.3 is 5.32 Å². The van der Waals surface area contributed by atoms with Gasteiger partial charge in [-0.2, -0.15) is 0 Å². The summed E-state index contributed by atoms with van der Waals surface area (Å²) in [5.41, 5.74) is 0.345. The Hall–Kier alpha value is -2.54. The fraction of sp³-hybridized carbons (Fsp3) is 0.188. The molecule has 0 saturated heterocycles. The van der Waals surface area contributed by atoms with Gasteiger partial charge in [0, 0.05) is 17.9 Å². The van der Waals surface area contributed by atoms with Crippen LogP contribution in [-0.4, -0.2) is 16.9 Å². The Morgan fingerprint density at radius 1 is 1.26 bits per heavy atom. The molecule has 0 bridgehead atoms. The van der Waals surface area contributed by atoms with E-state index in [1.54, 1.807) is 7.05 Å². The number of aromatic nitrogens is 2. The monoisotopic (exact) mass is 330 g/mol. The van der Waals surface area contributed by atoms with Crippen molar-refractivity contribution < 1.29 is 14.0 Å². The summed E-state index contributed by atoms with van der Waals surface area (Å²) >= 11 is 1.29. The lowest BCUT2D eigenvalue weighted by Gasteiger charge is -2.06. The van der Waals surface area contributed by atoms with Gasteiger partial charge in [0.05, 0.1) is 0 Å². The molecule has 1 aromatic heterocycles. The van der Waals surface area contributed by atoms with Gasteiger partial charge in [0.15, 0.2) is 7.05 Å². The van der Waals surface area contributed by atoms with Crippen LogP contribution in [0.3, 0.4) is 0 Å². The van der Waals surface area contributed by atoms with Crippen molar-refractivity contribution in [2.24, 2.45) is 7.05 Å². The number of anilines is 1. The summed E-state index contributed by atoms with van der Waals surface area (Å²) in [6, 6.07) is 13.8. The van der Waals surface area contributed by atoms with E-state index in [-0.39, 0.29) is 5.91 Å². The molecule has 0 atom stereocenters. The molecule has 1 heterocycles. The highest BCUT2D eigenvalue weighted by Crippen LogP contribution is 2.19. The number of thioether (sulfide) groups is 1. The van der Waals surface area contributed by atoms with E-state index >= 15 is 0 Å². The topological polar surface area (TPSA) is 79.0 Å². The number of amides is 1. The average Bonchev–Trinajstić information content (AvgIpc) is 2.86. The summed E-state index contributed by atoms with van der Waals surface area (Å²) in [7, 11) is 1.68. The molecule has 3 rings (SSSR count). The molecule has 0 aliphatic heterocycles. The molecule has 1 amide bonds. The molecule has 0 aliphatic rings. The summed E-state index contributed by atoms with van der Waals surface area (Å²) < 4.78 is 6.14. The van der Waals surface area contributed by atoms with Gasteiger partial charge in [0.1, 0.15) is 0 Å². The normalized spacial score (nSPS) is 10.8. The lowest BCUT2D eigenvalue weighted by Crippen LogP contribution is -2.33. The largest absolute Gasteiger partial charge is 0.441 e. The van der Waals surface area contributed by atoms with Crippen LogP contribution in [0.1, 0.15) is 6.42 Å². The highest BCUT2D eigenvalue weighted by Gasteiger charge is 2.17. The number of aromatic amines is 1. The van der Waals surface area contributed by atoms with Crippen molar-refractivity contribution in [3.8, 4) is 0 Å². The van der Waals surface area contributed by atoms with Crippen LogP contribution < -0.4 is 15.6 Å². The zero-order valence-electron chi connectivity index (χ0n) is 12.5. The molecule has 23 heavy (non-hydrogen) atoms. The molecular formula is C16H16N3O3S+. The van der Waals surface area contributed by atoms with Crippen LogP contribution in [0.2, 0.25) is 0 Å². The van der Waals surface area contributed by atoms with Crippen molar-refractivity contribution in [2.75, 3.05) is 11.1 Å². The first kappa shape index (κ1) is 15.4. The predicted octanol–water partition coefficient (Wildman–Crippen LogP) is 2.07. The van der Waals surface area contributed by atoms with E-state index in [1.165, 1.54) is 16.4 Å². The summed E-state index contributed by atoms with van der Waals surface area (Å²) in [5.74, 6) is 0.408. The number of carbonyl (C=O) groups excluding carboxylic acids is 1. The van der Waals surface area contributed by atoms with Crippen molar-refractivity contribution in [3.63, 3.8) is 0 Å². The Balaban J connectivity index is 1.57. The Labute approximate surface area is 136 Å². The second-order valence-corrected chi connectivity index (χ2v) is 6.14. The van der Waals surface area contributed by atoms with Gasteiger partial charge in [-0.05, 0) is 39.9 Å². The van der Waals surface area contributed by atoms with E-state index in [1.807, 2.05) is 42.5 Å². The van der Waals surface area contributed by atoms with Crippen molar-refractivity contribution in [3.05, 3.63) is 52.9 Å². The number of benzene rings is 2. The maximum Gasteiger partial charge on any atom is 0.441 e. The zero-order valence-corrected chi connectivity index (χ0v) is 13.4. The maximum absolute atomic E-state index is 12.0. The third-order valence-electron chi connectivity index (χ3n) is 3.36. The Morgan fingerprint density at radius 3 is 2.78 bits per heavy atom. The van der Waals surface area contributed by atoms with Gasteiger partial charge in [0.2, 0.25) is 5.91 Å². The molecule has 7 heteroatoms. The summed E-state index contributed by atoms with van der Waals surface area (Å²) in [6.07, 6.45) is 0.308. The Kier molecular flexibility index (Phi) is 4.47. The van der Waals surface area contributed by atoms with Crippen LogP contribution >= 0.6 is 11.8 Å². The first-order valence-corrected chi connectivity index (χ1v) is 8.11. The Bertz CT molecular complexity index is 901. The molecule has 0 unspecified atom stereocenters. The third kappa shape index (κ3) is 3.62. The minimum Gasteiger partial charge on any atom is -0.326 e. The van der Waals surface area contributed by atoms with Gasteiger partial charge in [0.25, 0.3) is 0 Å². The smallest absolute Gasteiger partial charge is 0.326 e. The molecule has 0 radical (unpaired) electrons. The molecular weight excluding hydrogens is 314 g/mol. The fourth-order valence-electron chi connectivity index (χ4n) is 2.22. The number of nitrogens with one attached hydrogen (secondary N) is 2. The molecule has 0 spiro atoms. The van der Waals surface area contributed by atoms with E-state index < -0.39 is 5.63 Å². The summed E-state index contributed by atoms with van der Waals surface area (Å²) in [6.45, 7) is 0. The van der Waals surface area contributed by atoms with Gasteiger partial charge in [-0.3, -0.25) is 9.32 Å². The van der Waals surface area contributed by atoms with E-state index in [0.717, 1.165) is 16.5 Å². The molecule has 0 saturated carbocycles. The molecule has 6 nitrogen and oxygen atoms in total. The van der Waals surface area contributed by atoms with Crippen LogP contribution in [0.25, 0.3) is 10.8 Å². The number of hydrogen-bond donors (Lipinski definition) is 2. The number of fused-ring (bicyclic) bond motifs is 1. The SMILES string of the molecule is C[n+]1[nH]oc(=O)c1SCCC(=O)Nc1ccc2ccccc2c1. The number of carbonyl (C=O) groups is 1. The molecule has 2 aromatic carbocycles. The number of H-pyrrole nitrogens is 1. The van der Waals surface area contributed by atoms with Crippen LogP contribution in [0.4, 0.5) is 5.69 Å². The summed E-state index contributed by atoms with van der Waals surface area (Å²) in [4.78, 5) is 23.4. The number of aryl methyl sites for hydroxylation is 1. The van der Waals surface area contributed by atoms with Crippen molar-refractivity contribution in [2.45, 2.75) is 11.4 Å². The minimum absolute atomic E-state index is 0.0876. The second kappa shape index (κ2) is 6.70. The van der Waals surface area contributed by atoms with Crippen LogP contribution in [0.15, 0.2) is 56.8 Å². The van der Waals surface area contributed by atoms with Gasteiger partial charge in [-0.25, -0.2) is 4.79 Å². The van der Waals surface area contributed by atoms with Crippen LogP contribution in [0.5, 0.6) is 0 Å². The maximum atomic E-state index is 12.0. The second-order valence-electron chi connectivity index (χ2n) is 5.05. The highest BCUT2D eigenvalue weighted by molar-refractivity contribution is 7.99. The zero-order chi connectivity index (χ0) is 16.2. The van der Waals surface area contributed by atoms with Crippen LogP contribution in [-0.2, 0) is 11.8 Å². The van der Waals surface area contributed by atoms with Crippen molar-refractivity contribution in [1.82, 2.24) is 5.27 Å². The van der Waals surface area contributed by atoms with Gasteiger partial charge in [-0.1, -0.05) is 35.0 Å². The van der Waals surface area contributed by atoms with E-state index in [0.29, 0.717) is 17.2 Å². The quantitative estimate of drug-likeness (QED) is 0.554.